The van der Waals surface area contributed by atoms with E-state index in [1.807, 2.05) is 0 Å². The van der Waals surface area contributed by atoms with Crippen molar-refractivity contribution < 1.29 is 14.6 Å². The number of aliphatic hydroxyl groups is 1. The van der Waals surface area contributed by atoms with Crippen LogP contribution in [0.1, 0.15) is 163 Å². The maximum absolute atomic E-state index is 11.7. The number of benzene rings is 2. The average molecular weight is 615 g/mol. The second kappa shape index (κ2) is 19.3. The predicted octanol–water partition coefficient (Wildman–Crippen LogP) is 11.2. The fourth-order valence-corrected chi connectivity index (χ4v) is 8.05. The second-order valence-electron chi connectivity index (χ2n) is 14.5. The average Bonchev–Trinajstić information content (AvgIpc) is 3.08. The Hall–Kier alpha value is -2.39. The summed E-state index contributed by atoms with van der Waals surface area (Å²) in [5, 5.41) is 9.43. The van der Waals surface area contributed by atoms with E-state index in [4.69, 9.17) is 4.74 Å². The molecule has 45 heavy (non-hydrogen) atoms. The molecule has 1 atom stereocenters. The maximum atomic E-state index is 11.7. The number of carbonyl (C=O) groups is 1. The van der Waals surface area contributed by atoms with E-state index >= 15 is 0 Å². The smallest absolute Gasteiger partial charge is 0.333 e. The largest absolute Gasteiger partial charge is 0.462 e. The molecule has 0 aromatic heterocycles. The highest BCUT2D eigenvalue weighted by atomic mass is 16.5. The van der Waals surface area contributed by atoms with Crippen molar-refractivity contribution in [2.45, 2.75) is 147 Å². The van der Waals surface area contributed by atoms with Crippen LogP contribution in [-0.2, 0) is 16.0 Å². The number of ether oxygens (including phenoxy) is 1. The SMILES string of the molecule is C=C(C)C(=O)OCCCC(CCCO)c1ccc(C2CCC(c3ccc(CCC4CCC(CCCCC)CC4)cc3)CC2)cc1. The first-order valence-corrected chi connectivity index (χ1v) is 18.6. The van der Waals surface area contributed by atoms with Crippen LogP contribution in [0.25, 0.3) is 0 Å². The highest BCUT2D eigenvalue weighted by Gasteiger charge is 2.24. The number of hydrogen-bond acceptors (Lipinski definition) is 3. The highest BCUT2D eigenvalue weighted by Crippen LogP contribution is 2.41. The Balaban J connectivity index is 1.18. The van der Waals surface area contributed by atoms with Crippen molar-refractivity contribution in [1.29, 1.82) is 0 Å². The summed E-state index contributed by atoms with van der Waals surface area (Å²) in [6, 6.07) is 19.0. The zero-order valence-electron chi connectivity index (χ0n) is 28.6. The Kier molecular flexibility index (Phi) is 15.2. The molecule has 4 rings (SSSR count). The van der Waals surface area contributed by atoms with Gasteiger partial charge in [0.2, 0.25) is 0 Å². The van der Waals surface area contributed by atoms with Crippen LogP contribution in [0.2, 0.25) is 0 Å². The van der Waals surface area contributed by atoms with Crippen molar-refractivity contribution in [2.24, 2.45) is 11.8 Å². The monoisotopic (exact) mass is 614 g/mol. The second-order valence-corrected chi connectivity index (χ2v) is 14.5. The van der Waals surface area contributed by atoms with Crippen LogP contribution in [0.4, 0.5) is 0 Å². The third-order valence-corrected chi connectivity index (χ3v) is 11.1. The lowest BCUT2D eigenvalue weighted by molar-refractivity contribution is -0.139. The van der Waals surface area contributed by atoms with E-state index in [0.717, 1.165) is 37.5 Å². The normalized spacial score (nSPS) is 22.6. The first-order valence-electron chi connectivity index (χ1n) is 18.6. The molecule has 0 saturated heterocycles. The molecular formula is C42H62O3. The Labute approximate surface area is 275 Å². The van der Waals surface area contributed by atoms with Crippen molar-refractivity contribution in [3.63, 3.8) is 0 Å². The Morgan fingerprint density at radius 3 is 1.89 bits per heavy atom. The zero-order valence-corrected chi connectivity index (χ0v) is 28.6. The molecule has 2 fully saturated rings. The molecule has 2 aromatic carbocycles. The molecule has 2 aliphatic rings. The van der Waals surface area contributed by atoms with E-state index in [0.29, 0.717) is 29.9 Å². The van der Waals surface area contributed by atoms with Crippen LogP contribution in [0, 0.1) is 11.8 Å². The Bertz CT molecular complexity index is 1120. The number of aliphatic hydroxyl groups excluding tert-OH is 1. The molecule has 0 bridgehead atoms. The molecule has 3 heteroatoms. The van der Waals surface area contributed by atoms with E-state index in [1.165, 1.54) is 107 Å². The topological polar surface area (TPSA) is 46.5 Å². The number of hydrogen-bond donors (Lipinski definition) is 1. The molecule has 0 heterocycles. The summed E-state index contributed by atoms with van der Waals surface area (Å²) in [6.45, 7) is 8.28. The van der Waals surface area contributed by atoms with Gasteiger partial charge in [0.1, 0.15) is 0 Å². The van der Waals surface area contributed by atoms with Crippen LogP contribution in [-0.4, -0.2) is 24.3 Å². The Morgan fingerprint density at radius 1 is 0.778 bits per heavy atom. The van der Waals surface area contributed by atoms with E-state index in [1.54, 1.807) is 12.5 Å². The van der Waals surface area contributed by atoms with Crippen molar-refractivity contribution in [3.8, 4) is 0 Å². The first kappa shape index (κ1) is 35.5. The van der Waals surface area contributed by atoms with E-state index in [9.17, 15) is 9.90 Å². The molecule has 0 radical (unpaired) electrons. The van der Waals surface area contributed by atoms with Crippen LogP contribution >= 0.6 is 0 Å². The van der Waals surface area contributed by atoms with Gasteiger partial charge in [0.25, 0.3) is 0 Å². The van der Waals surface area contributed by atoms with Gasteiger partial charge in [-0.3, -0.25) is 0 Å². The van der Waals surface area contributed by atoms with Crippen molar-refractivity contribution >= 4 is 5.97 Å². The molecule has 2 aliphatic carbocycles. The van der Waals surface area contributed by atoms with Crippen LogP contribution in [0.3, 0.4) is 0 Å². The lowest BCUT2D eigenvalue weighted by atomic mass is 9.75. The van der Waals surface area contributed by atoms with Crippen molar-refractivity contribution in [1.82, 2.24) is 0 Å². The van der Waals surface area contributed by atoms with Gasteiger partial charge in [-0.05, 0) is 123 Å². The predicted molar refractivity (Wildman–Crippen MR) is 189 cm³/mol. The minimum absolute atomic E-state index is 0.214. The number of carbonyl (C=O) groups excluding carboxylic acids is 1. The summed E-state index contributed by atoms with van der Waals surface area (Å²) in [4.78, 5) is 11.7. The van der Waals surface area contributed by atoms with E-state index in [2.05, 4.69) is 62.0 Å². The summed E-state index contributed by atoms with van der Waals surface area (Å²) in [5.74, 6) is 3.37. The molecule has 1 N–H and O–H groups in total. The lowest BCUT2D eigenvalue weighted by Crippen LogP contribution is -2.15. The fourth-order valence-electron chi connectivity index (χ4n) is 8.05. The summed E-state index contributed by atoms with van der Waals surface area (Å²) < 4.78 is 5.30. The molecule has 1 unspecified atom stereocenters. The van der Waals surface area contributed by atoms with E-state index in [-0.39, 0.29) is 12.6 Å². The van der Waals surface area contributed by atoms with Gasteiger partial charge in [-0.2, -0.15) is 0 Å². The van der Waals surface area contributed by atoms with Gasteiger partial charge in [-0.25, -0.2) is 4.79 Å². The molecule has 248 valence electrons. The van der Waals surface area contributed by atoms with E-state index < -0.39 is 0 Å². The zero-order chi connectivity index (χ0) is 31.9. The molecule has 0 spiro atoms. The minimum Gasteiger partial charge on any atom is -0.462 e. The van der Waals surface area contributed by atoms with Crippen molar-refractivity contribution in [2.75, 3.05) is 13.2 Å². The third kappa shape index (κ3) is 11.7. The molecule has 2 aromatic rings. The maximum Gasteiger partial charge on any atom is 0.333 e. The number of rotatable bonds is 18. The number of unbranched alkanes of at least 4 members (excludes halogenated alkanes) is 2. The van der Waals surface area contributed by atoms with Gasteiger partial charge < -0.3 is 9.84 Å². The highest BCUT2D eigenvalue weighted by molar-refractivity contribution is 5.86. The fraction of sp³-hybridized carbons (Fsp3) is 0.643. The van der Waals surface area contributed by atoms with Gasteiger partial charge in [-0.1, -0.05) is 113 Å². The van der Waals surface area contributed by atoms with Gasteiger partial charge in [0.15, 0.2) is 0 Å². The number of esters is 1. The summed E-state index contributed by atoms with van der Waals surface area (Å²) >= 11 is 0. The number of aryl methyl sites for hydroxylation is 1. The van der Waals surface area contributed by atoms with Gasteiger partial charge in [0, 0.05) is 12.2 Å². The van der Waals surface area contributed by atoms with Gasteiger partial charge in [0.05, 0.1) is 6.61 Å². The van der Waals surface area contributed by atoms with Gasteiger partial charge >= 0.3 is 5.97 Å². The molecule has 0 amide bonds. The summed E-state index contributed by atoms with van der Waals surface area (Å²) in [7, 11) is 0. The molecule has 3 nitrogen and oxygen atoms in total. The van der Waals surface area contributed by atoms with Crippen LogP contribution < -0.4 is 0 Å². The van der Waals surface area contributed by atoms with Crippen molar-refractivity contribution in [3.05, 3.63) is 82.9 Å². The lowest BCUT2D eigenvalue weighted by Gasteiger charge is -2.30. The Morgan fingerprint density at radius 2 is 1.33 bits per heavy atom. The van der Waals surface area contributed by atoms with Crippen LogP contribution in [0.5, 0.6) is 0 Å². The first-order chi connectivity index (χ1) is 22.0. The van der Waals surface area contributed by atoms with Gasteiger partial charge in [-0.15, -0.1) is 0 Å². The summed E-state index contributed by atoms with van der Waals surface area (Å²) in [6.07, 6.45) is 22.8. The van der Waals surface area contributed by atoms with Crippen LogP contribution in [0.15, 0.2) is 60.7 Å². The molecule has 0 aliphatic heterocycles. The third-order valence-electron chi connectivity index (χ3n) is 11.1. The standard InChI is InChI=1S/C42H62O3/c1-4-5-6-9-33-12-14-34(15-13-33)16-17-35-18-20-37(21-19-35)39-26-28-41(29-27-39)40-24-22-38(23-25-40)36(10-7-30-43)11-8-31-45-42(44)32(2)3/h18-25,33-34,36,39,41,43H,2,4-17,26-31H2,1,3H3. The quantitative estimate of drug-likeness (QED) is 0.103. The molecular weight excluding hydrogens is 552 g/mol. The molecule has 2 saturated carbocycles. The minimum atomic E-state index is -0.311. The summed E-state index contributed by atoms with van der Waals surface area (Å²) in [5.41, 5.74) is 6.32.